The largest absolute Gasteiger partial charge is 1.00 e. The third-order valence-corrected chi connectivity index (χ3v) is 6.07. The molecule has 4 aromatic rings. The average molecular weight is 516 g/mol. The van der Waals surface area contributed by atoms with Gasteiger partial charge in [0.15, 0.2) is 0 Å². The number of nitrogens with zero attached hydrogens (tertiary/aromatic N) is 4. The molecule has 2 aromatic carbocycles. The van der Waals surface area contributed by atoms with Crippen molar-refractivity contribution in [1.29, 1.82) is 0 Å². The number of rotatable bonds is 2. The van der Waals surface area contributed by atoms with Crippen LogP contribution in [0.15, 0.2) is 73.1 Å². The van der Waals surface area contributed by atoms with Gasteiger partial charge in [-0.3, -0.25) is 4.79 Å². The van der Waals surface area contributed by atoms with Gasteiger partial charge in [-0.1, -0.05) is 39.0 Å². The van der Waals surface area contributed by atoms with Crippen LogP contribution in [0.3, 0.4) is 0 Å². The zero-order valence-corrected chi connectivity index (χ0v) is 23.0. The second-order valence-corrected chi connectivity index (χ2v) is 9.67. The van der Waals surface area contributed by atoms with Gasteiger partial charge in [0.1, 0.15) is 5.82 Å². The van der Waals surface area contributed by atoms with Crippen molar-refractivity contribution in [2.75, 3.05) is 10.2 Å². The number of anilines is 3. The molecule has 5 rings (SSSR count). The van der Waals surface area contributed by atoms with Crippen molar-refractivity contribution in [3.63, 3.8) is 0 Å². The first-order valence-corrected chi connectivity index (χ1v) is 11.4. The van der Waals surface area contributed by atoms with Gasteiger partial charge in [-0.2, -0.15) is 18.3 Å². The predicted molar refractivity (Wildman–Crippen MR) is 133 cm³/mol. The van der Waals surface area contributed by atoms with Gasteiger partial charge < -0.3 is 11.6 Å². The number of nitrogens with one attached hydrogen (secondary N) is 1. The molecule has 0 spiro atoms. The van der Waals surface area contributed by atoms with Gasteiger partial charge in [0.25, 0.3) is 5.91 Å². The monoisotopic (exact) mass is 515 g/mol. The maximum Gasteiger partial charge on any atom is 1.00 e. The number of amides is 1. The van der Waals surface area contributed by atoms with E-state index in [-0.39, 0.29) is 48.6 Å². The van der Waals surface area contributed by atoms with E-state index >= 15 is 0 Å². The van der Waals surface area contributed by atoms with E-state index in [0.29, 0.717) is 22.8 Å². The fourth-order valence-electron chi connectivity index (χ4n) is 4.17. The van der Waals surface area contributed by atoms with Crippen LogP contribution in [0.2, 0.25) is 0 Å². The normalized spacial score (nSPS) is 13.1. The van der Waals surface area contributed by atoms with Crippen LogP contribution in [0, 0.1) is 0 Å². The van der Waals surface area contributed by atoms with E-state index in [9.17, 15) is 18.0 Å². The zero-order valence-electron chi connectivity index (χ0n) is 22.0. The third kappa shape index (κ3) is 5.30. The molecule has 0 bridgehead atoms. The van der Waals surface area contributed by atoms with Crippen LogP contribution in [0.4, 0.5) is 30.4 Å². The van der Waals surface area contributed by atoms with E-state index in [1.165, 1.54) is 21.7 Å². The molecule has 0 unspecified atom stereocenters. The van der Waals surface area contributed by atoms with Gasteiger partial charge >= 0.3 is 35.7 Å². The van der Waals surface area contributed by atoms with Crippen molar-refractivity contribution in [3.8, 4) is 5.69 Å². The summed E-state index contributed by atoms with van der Waals surface area (Å²) >= 11 is 0. The fourth-order valence-corrected chi connectivity index (χ4v) is 4.17. The first-order chi connectivity index (χ1) is 17.0. The summed E-state index contributed by atoms with van der Waals surface area (Å²) < 4.78 is 44.2. The van der Waals surface area contributed by atoms with Gasteiger partial charge in [0, 0.05) is 23.4 Å². The minimum absolute atomic E-state index is 0. The molecule has 0 atom stereocenters. The Hall–Kier alpha value is -3.14. The molecule has 0 saturated carbocycles. The van der Waals surface area contributed by atoms with Crippen LogP contribution in [0.1, 0.15) is 49.4 Å². The number of pyridine rings is 1. The number of hydrogen-bond donors (Lipinski definition) is 1. The molecule has 37 heavy (non-hydrogen) atoms. The number of carbonyl (C=O) groups is 1. The molecule has 0 aliphatic carbocycles. The standard InChI is InChI=1S/C27H24F3N5O.Na.H/c1-26(2,3)23-12-14-35(33-23)18-10-11-19(20(15-18)27(28,29)30)25(36)34-16-17-7-6-13-31-24(17)32-21-8-4-5-9-22(21)34;;/h4-15H,16H2,1-3H3,(H,31,32);;/q;+1;-1. The summed E-state index contributed by atoms with van der Waals surface area (Å²) in [5, 5.41) is 7.64. The minimum atomic E-state index is -4.75. The number of carbonyl (C=O) groups excluding carboxylic acids is 1. The van der Waals surface area contributed by atoms with Crippen molar-refractivity contribution in [2.45, 2.75) is 38.9 Å². The van der Waals surface area contributed by atoms with E-state index in [1.807, 2.05) is 20.8 Å². The molecule has 186 valence electrons. The summed E-state index contributed by atoms with van der Waals surface area (Å²) in [6.07, 6.45) is -1.50. The van der Waals surface area contributed by atoms with E-state index in [4.69, 9.17) is 0 Å². The van der Waals surface area contributed by atoms with Gasteiger partial charge in [-0.25, -0.2) is 9.67 Å². The van der Waals surface area contributed by atoms with E-state index in [0.717, 1.165) is 11.8 Å². The Morgan fingerprint density at radius 1 is 1.03 bits per heavy atom. The summed E-state index contributed by atoms with van der Waals surface area (Å²) in [6, 6.07) is 16.0. The molecular weight excluding hydrogens is 490 g/mol. The quantitative estimate of drug-likeness (QED) is 0.415. The molecule has 1 amide bonds. The van der Waals surface area contributed by atoms with Crippen molar-refractivity contribution in [3.05, 3.63) is 95.4 Å². The average Bonchev–Trinajstić information content (AvgIpc) is 3.27. The Morgan fingerprint density at radius 3 is 2.49 bits per heavy atom. The Balaban J connectivity index is 0.00000200. The van der Waals surface area contributed by atoms with Crippen LogP contribution in [0.5, 0.6) is 0 Å². The van der Waals surface area contributed by atoms with E-state index < -0.39 is 23.2 Å². The van der Waals surface area contributed by atoms with Crippen LogP contribution < -0.4 is 39.8 Å². The maximum absolute atomic E-state index is 14.3. The van der Waals surface area contributed by atoms with E-state index in [2.05, 4.69) is 15.4 Å². The molecule has 3 heterocycles. The zero-order chi connectivity index (χ0) is 25.7. The Kier molecular flexibility index (Phi) is 7.25. The molecule has 0 fully saturated rings. The van der Waals surface area contributed by atoms with Gasteiger partial charge in [-0.05, 0) is 42.5 Å². The van der Waals surface area contributed by atoms with E-state index in [1.54, 1.807) is 54.9 Å². The fraction of sp³-hybridized carbons (Fsp3) is 0.222. The molecule has 10 heteroatoms. The topological polar surface area (TPSA) is 63.1 Å². The molecule has 6 nitrogen and oxygen atoms in total. The molecule has 1 N–H and O–H groups in total. The summed E-state index contributed by atoms with van der Waals surface area (Å²) in [6.45, 7) is 6.00. The smallest absolute Gasteiger partial charge is 1.00 e. The SMILES string of the molecule is CC(C)(C)c1ccn(-c2ccc(C(=O)N3Cc4cccnc4Nc4ccccc43)c(C(F)(F)F)c2)n1.[H-].[Na+]. The molecule has 0 radical (unpaired) electrons. The molecule has 0 saturated heterocycles. The number of benzene rings is 2. The number of halogens is 3. The molecule has 1 aliphatic rings. The summed E-state index contributed by atoms with van der Waals surface area (Å²) in [7, 11) is 0. The van der Waals surface area contributed by atoms with Crippen LogP contribution in [-0.4, -0.2) is 20.7 Å². The summed E-state index contributed by atoms with van der Waals surface area (Å²) in [4.78, 5) is 19.4. The second-order valence-electron chi connectivity index (χ2n) is 9.67. The minimum Gasteiger partial charge on any atom is -1.00 e. The van der Waals surface area contributed by atoms with Crippen LogP contribution in [-0.2, 0) is 18.1 Å². The maximum atomic E-state index is 14.3. The Labute approximate surface area is 236 Å². The number of hydrogen-bond acceptors (Lipinski definition) is 4. The molecule has 2 aromatic heterocycles. The number of alkyl halides is 3. The third-order valence-electron chi connectivity index (χ3n) is 6.07. The Bertz CT molecular complexity index is 1470. The number of aromatic nitrogens is 3. The summed E-state index contributed by atoms with van der Waals surface area (Å²) in [5.41, 5.74) is 1.01. The second kappa shape index (κ2) is 9.96. The van der Waals surface area contributed by atoms with Gasteiger partial charge in [-0.15, -0.1) is 0 Å². The van der Waals surface area contributed by atoms with Gasteiger partial charge in [0.2, 0.25) is 0 Å². The Morgan fingerprint density at radius 2 is 1.78 bits per heavy atom. The van der Waals surface area contributed by atoms with Crippen LogP contribution >= 0.6 is 0 Å². The van der Waals surface area contributed by atoms with Gasteiger partial charge in [0.05, 0.1) is 40.4 Å². The van der Waals surface area contributed by atoms with Crippen LogP contribution in [0.25, 0.3) is 5.69 Å². The van der Waals surface area contributed by atoms with Crippen molar-refractivity contribution >= 4 is 23.1 Å². The first kappa shape index (κ1) is 26.9. The van der Waals surface area contributed by atoms with Crippen molar-refractivity contribution in [2.24, 2.45) is 0 Å². The molecular formula is C27H25F3N5NaO. The first-order valence-electron chi connectivity index (χ1n) is 11.4. The van der Waals surface area contributed by atoms with Crippen molar-refractivity contribution < 1.29 is 48.9 Å². The summed E-state index contributed by atoms with van der Waals surface area (Å²) in [5.74, 6) is -0.198. The number of para-hydroxylation sites is 2. The predicted octanol–water partition coefficient (Wildman–Crippen LogP) is 3.60. The number of fused-ring (bicyclic) bond motifs is 2. The molecule has 1 aliphatic heterocycles. The van der Waals surface area contributed by atoms with Crippen molar-refractivity contribution in [1.82, 2.24) is 14.8 Å².